The number of H-pyrrole nitrogens is 1. The van der Waals surface area contributed by atoms with Crippen LogP contribution in [0.1, 0.15) is 43.9 Å². The fraction of sp³-hybridized carbons (Fsp3) is 0.474. The average molecular weight is 344 g/mol. The summed E-state index contributed by atoms with van der Waals surface area (Å²) in [6, 6.07) is 8.05. The number of carbonyl (C=O) groups is 2. The van der Waals surface area contributed by atoms with Gasteiger partial charge in [0.05, 0.1) is 12.3 Å². The second-order valence-corrected chi connectivity index (χ2v) is 6.46. The standard InChI is InChI=1S/C19H24N2O4/c1-2-20-16(22)7-10-19(11-8-17(23)24)18-14(9-12-25-19)13-5-3-4-6-15(13)21-18/h3-6,21H,2,7-12H2,1H3,(H,20,22)(H,23,24). The molecular formula is C19H24N2O4. The smallest absolute Gasteiger partial charge is 0.303 e. The molecule has 3 N–H and O–H groups in total. The summed E-state index contributed by atoms with van der Waals surface area (Å²) >= 11 is 0. The minimum atomic E-state index is -0.857. The van der Waals surface area contributed by atoms with Gasteiger partial charge < -0.3 is 20.1 Å². The Kier molecular flexibility index (Phi) is 5.08. The third-order valence-corrected chi connectivity index (χ3v) is 4.87. The van der Waals surface area contributed by atoms with Crippen molar-refractivity contribution in [3.8, 4) is 0 Å². The van der Waals surface area contributed by atoms with Gasteiger partial charge in [-0.15, -0.1) is 0 Å². The predicted octanol–water partition coefficient (Wildman–Crippen LogP) is 2.72. The van der Waals surface area contributed by atoms with Crippen molar-refractivity contribution in [3.63, 3.8) is 0 Å². The van der Waals surface area contributed by atoms with E-state index in [0.717, 1.165) is 23.0 Å². The number of aromatic nitrogens is 1. The van der Waals surface area contributed by atoms with Crippen molar-refractivity contribution in [3.05, 3.63) is 35.5 Å². The average Bonchev–Trinajstić information content (AvgIpc) is 2.99. The van der Waals surface area contributed by atoms with Gasteiger partial charge in [-0.2, -0.15) is 0 Å². The molecule has 1 aromatic heterocycles. The molecule has 25 heavy (non-hydrogen) atoms. The molecule has 1 aliphatic heterocycles. The number of amides is 1. The molecule has 0 fully saturated rings. The maximum Gasteiger partial charge on any atom is 0.303 e. The van der Waals surface area contributed by atoms with Gasteiger partial charge in [-0.1, -0.05) is 18.2 Å². The number of fused-ring (bicyclic) bond motifs is 3. The van der Waals surface area contributed by atoms with Crippen molar-refractivity contribution < 1.29 is 19.4 Å². The number of carboxylic acids is 1. The molecule has 1 unspecified atom stereocenters. The molecule has 0 aliphatic carbocycles. The van der Waals surface area contributed by atoms with E-state index >= 15 is 0 Å². The molecule has 0 saturated carbocycles. The van der Waals surface area contributed by atoms with E-state index in [0.29, 0.717) is 32.4 Å². The van der Waals surface area contributed by atoms with Crippen LogP contribution < -0.4 is 5.32 Å². The van der Waals surface area contributed by atoms with E-state index in [-0.39, 0.29) is 12.3 Å². The van der Waals surface area contributed by atoms with Crippen molar-refractivity contribution in [1.82, 2.24) is 10.3 Å². The summed E-state index contributed by atoms with van der Waals surface area (Å²) in [5, 5.41) is 13.1. The highest BCUT2D eigenvalue weighted by molar-refractivity contribution is 5.85. The third-order valence-electron chi connectivity index (χ3n) is 4.87. The number of benzene rings is 1. The maximum absolute atomic E-state index is 12.0. The molecule has 1 atom stereocenters. The lowest BCUT2D eigenvalue weighted by atomic mass is 9.83. The molecular weight excluding hydrogens is 320 g/mol. The van der Waals surface area contributed by atoms with Crippen molar-refractivity contribution in [2.45, 2.75) is 44.6 Å². The Morgan fingerprint density at radius 3 is 2.80 bits per heavy atom. The van der Waals surface area contributed by atoms with Crippen LogP contribution >= 0.6 is 0 Å². The molecule has 1 amide bonds. The van der Waals surface area contributed by atoms with Crippen LogP contribution in [0.25, 0.3) is 10.9 Å². The maximum atomic E-state index is 12.0. The molecule has 0 spiro atoms. The predicted molar refractivity (Wildman–Crippen MR) is 94.4 cm³/mol. The van der Waals surface area contributed by atoms with Crippen LogP contribution in [-0.2, 0) is 26.3 Å². The Hall–Kier alpha value is -2.34. The number of hydrogen-bond donors (Lipinski definition) is 3. The Morgan fingerprint density at radius 2 is 2.04 bits per heavy atom. The van der Waals surface area contributed by atoms with Gasteiger partial charge in [0.2, 0.25) is 5.91 Å². The topological polar surface area (TPSA) is 91.4 Å². The van der Waals surface area contributed by atoms with Crippen LogP contribution in [0.3, 0.4) is 0 Å². The number of carbonyl (C=O) groups excluding carboxylic acids is 1. The summed E-state index contributed by atoms with van der Waals surface area (Å²) < 4.78 is 6.13. The Labute approximate surface area is 146 Å². The molecule has 2 aromatic rings. The summed E-state index contributed by atoms with van der Waals surface area (Å²) in [7, 11) is 0. The van der Waals surface area contributed by atoms with Gasteiger partial charge in [-0.25, -0.2) is 0 Å². The van der Waals surface area contributed by atoms with Gasteiger partial charge >= 0.3 is 5.97 Å². The molecule has 6 nitrogen and oxygen atoms in total. The highest BCUT2D eigenvalue weighted by Gasteiger charge is 2.40. The van der Waals surface area contributed by atoms with E-state index in [1.807, 2.05) is 25.1 Å². The van der Waals surface area contributed by atoms with Gasteiger partial charge in [-0.3, -0.25) is 9.59 Å². The summed E-state index contributed by atoms with van der Waals surface area (Å²) in [6.45, 7) is 2.99. The van der Waals surface area contributed by atoms with E-state index in [2.05, 4.69) is 16.4 Å². The summed E-state index contributed by atoms with van der Waals surface area (Å²) in [6.07, 6.45) is 1.91. The highest BCUT2D eigenvalue weighted by atomic mass is 16.5. The molecule has 1 aliphatic rings. The Morgan fingerprint density at radius 1 is 1.28 bits per heavy atom. The number of aliphatic carboxylic acids is 1. The lowest BCUT2D eigenvalue weighted by Crippen LogP contribution is -2.38. The van der Waals surface area contributed by atoms with E-state index in [9.17, 15) is 9.59 Å². The van der Waals surface area contributed by atoms with Crippen molar-refractivity contribution in [2.24, 2.45) is 0 Å². The van der Waals surface area contributed by atoms with Crippen molar-refractivity contribution >= 4 is 22.8 Å². The number of nitrogens with one attached hydrogen (secondary N) is 2. The second kappa shape index (κ2) is 7.27. The Balaban J connectivity index is 1.97. The molecule has 3 rings (SSSR count). The van der Waals surface area contributed by atoms with Gasteiger partial charge in [-0.05, 0) is 37.8 Å². The quantitative estimate of drug-likeness (QED) is 0.720. The highest BCUT2D eigenvalue weighted by Crippen LogP contribution is 2.42. The minimum Gasteiger partial charge on any atom is -0.481 e. The van der Waals surface area contributed by atoms with Crippen LogP contribution in [0.5, 0.6) is 0 Å². The van der Waals surface area contributed by atoms with Gasteiger partial charge in [0.1, 0.15) is 5.60 Å². The van der Waals surface area contributed by atoms with Gasteiger partial charge in [0.15, 0.2) is 0 Å². The zero-order valence-corrected chi connectivity index (χ0v) is 14.4. The van der Waals surface area contributed by atoms with Gasteiger partial charge in [0.25, 0.3) is 0 Å². The van der Waals surface area contributed by atoms with Crippen LogP contribution in [-0.4, -0.2) is 35.1 Å². The second-order valence-electron chi connectivity index (χ2n) is 6.46. The van der Waals surface area contributed by atoms with E-state index in [1.54, 1.807) is 0 Å². The molecule has 1 aromatic carbocycles. The molecule has 134 valence electrons. The number of carboxylic acid groups (broad SMARTS) is 1. The van der Waals surface area contributed by atoms with Crippen molar-refractivity contribution in [2.75, 3.05) is 13.2 Å². The zero-order valence-electron chi connectivity index (χ0n) is 14.4. The number of ether oxygens (including phenoxy) is 1. The summed E-state index contributed by atoms with van der Waals surface area (Å²) in [5.41, 5.74) is 2.39. The lowest BCUT2D eigenvalue weighted by molar-refractivity contribution is -0.140. The fourth-order valence-electron chi connectivity index (χ4n) is 3.70. The van der Waals surface area contributed by atoms with Crippen LogP contribution in [0, 0.1) is 0 Å². The number of rotatable bonds is 7. The third kappa shape index (κ3) is 3.54. The zero-order chi connectivity index (χ0) is 17.9. The van der Waals surface area contributed by atoms with Crippen LogP contribution in [0.4, 0.5) is 0 Å². The molecule has 0 saturated heterocycles. The SMILES string of the molecule is CCNC(=O)CCC1(CCC(=O)O)OCCc2c1[nH]c1ccccc21. The first-order valence-corrected chi connectivity index (χ1v) is 8.78. The Bertz CT molecular complexity index is 783. The van der Waals surface area contributed by atoms with E-state index in [1.165, 1.54) is 5.56 Å². The largest absolute Gasteiger partial charge is 0.481 e. The van der Waals surface area contributed by atoms with E-state index in [4.69, 9.17) is 9.84 Å². The molecule has 6 heteroatoms. The number of aromatic amines is 1. The monoisotopic (exact) mass is 344 g/mol. The summed E-state index contributed by atoms with van der Waals surface area (Å²) in [4.78, 5) is 26.6. The fourth-order valence-corrected chi connectivity index (χ4v) is 3.70. The van der Waals surface area contributed by atoms with Crippen LogP contribution in [0.15, 0.2) is 24.3 Å². The normalized spacial score (nSPS) is 19.6. The minimum absolute atomic E-state index is 0.00417. The van der Waals surface area contributed by atoms with Crippen molar-refractivity contribution in [1.29, 1.82) is 0 Å². The lowest BCUT2D eigenvalue weighted by Gasteiger charge is -2.37. The molecule has 0 bridgehead atoms. The van der Waals surface area contributed by atoms with Gasteiger partial charge in [0, 0.05) is 30.3 Å². The molecule has 0 radical (unpaired) electrons. The van der Waals surface area contributed by atoms with E-state index < -0.39 is 11.6 Å². The number of para-hydroxylation sites is 1. The number of hydrogen-bond acceptors (Lipinski definition) is 3. The first-order chi connectivity index (χ1) is 12.1. The first kappa shape index (κ1) is 17.5. The van der Waals surface area contributed by atoms with Crippen LogP contribution in [0.2, 0.25) is 0 Å². The first-order valence-electron chi connectivity index (χ1n) is 8.78. The summed E-state index contributed by atoms with van der Waals surface area (Å²) in [5.74, 6) is -0.895. The molecule has 2 heterocycles.